The number of hydrogen-bond acceptors (Lipinski definition) is 4. The predicted octanol–water partition coefficient (Wildman–Crippen LogP) is 1.30. The summed E-state index contributed by atoms with van der Waals surface area (Å²) < 4.78 is 0. The van der Waals surface area contributed by atoms with Crippen LogP contribution < -0.4 is 5.32 Å². The van der Waals surface area contributed by atoms with Gasteiger partial charge < -0.3 is 20.5 Å². The molecule has 1 aromatic heterocycles. The Bertz CT molecular complexity index is 645. The van der Waals surface area contributed by atoms with E-state index < -0.39 is 17.7 Å². The van der Waals surface area contributed by atoms with Gasteiger partial charge in [0.25, 0.3) is 5.91 Å². The number of amides is 1. The second kappa shape index (κ2) is 8.75. The van der Waals surface area contributed by atoms with Crippen LogP contribution in [0.5, 0.6) is 5.75 Å². The van der Waals surface area contributed by atoms with Crippen LogP contribution in [-0.2, 0) is 9.59 Å². The fraction of sp³-hybridized carbons (Fsp3) is 0. The van der Waals surface area contributed by atoms with Gasteiger partial charge in [-0.25, -0.2) is 4.79 Å². The van der Waals surface area contributed by atoms with Crippen LogP contribution in [0, 0.1) is 0 Å². The van der Waals surface area contributed by atoms with Crippen molar-refractivity contribution in [2.24, 2.45) is 0 Å². The van der Waals surface area contributed by atoms with Gasteiger partial charge in [0, 0.05) is 24.7 Å². The normalized spacial score (nSPS) is 11.6. The molecule has 22 heavy (non-hydrogen) atoms. The van der Waals surface area contributed by atoms with Crippen molar-refractivity contribution in [2.75, 3.05) is 0 Å². The van der Waals surface area contributed by atoms with Gasteiger partial charge in [-0.3, -0.25) is 9.59 Å². The Morgan fingerprint density at radius 1 is 1.00 bits per heavy atom. The van der Waals surface area contributed by atoms with E-state index >= 15 is 0 Å². The fourth-order valence-corrected chi connectivity index (χ4v) is 1.27. The van der Waals surface area contributed by atoms with E-state index in [1.54, 1.807) is 12.1 Å². The topological polar surface area (TPSA) is 119 Å². The van der Waals surface area contributed by atoms with Crippen molar-refractivity contribution in [1.29, 1.82) is 0 Å². The molecule has 0 saturated carbocycles. The molecular formula is C15H14N2O5. The number of benzene rings is 1. The molecule has 3 rings (SSSR count). The van der Waals surface area contributed by atoms with E-state index in [4.69, 9.17) is 10.2 Å². The number of ketones is 1. The van der Waals surface area contributed by atoms with Crippen LogP contribution in [-0.4, -0.2) is 32.9 Å². The van der Waals surface area contributed by atoms with Crippen molar-refractivity contribution < 1.29 is 24.6 Å². The second-order valence-electron chi connectivity index (χ2n) is 3.88. The smallest absolute Gasteiger partial charge is 0.339 e. The van der Waals surface area contributed by atoms with Crippen molar-refractivity contribution in [3.8, 4) is 5.75 Å². The van der Waals surface area contributed by atoms with E-state index in [1.807, 2.05) is 24.5 Å². The molecule has 1 aromatic carbocycles. The SMILES string of the molecule is O=C(O)c1ccccc1O.O=C1C=CNC1=O.c1cc[nH]c1. The zero-order valence-electron chi connectivity index (χ0n) is 11.4. The second-order valence-corrected chi connectivity index (χ2v) is 3.88. The number of phenols is 1. The molecule has 1 amide bonds. The lowest BCUT2D eigenvalue weighted by atomic mass is 10.2. The van der Waals surface area contributed by atoms with E-state index in [0.717, 1.165) is 0 Å². The number of para-hydroxylation sites is 1. The lowest BCUT2D eigenvalue weighted by Gasteiger charge is -1.95. The minimum Gasteiger partial charge on any atom is -0.507 e. The van der Waals surface area contributed by atoms with Crippen LogP contribution in [0.2, 0.25) is 0 Å². The number of carboxylic acids is 1. The first kappa shape index (κ1) is 16.7. The highest BCUT2D eigenvalue weighted by molar-refractivity contribution is 6.42. The lowest BCUT2D eigenvalue weighted by Crippen LogP contribution is -2.17. The molecule has 7 nitrogen and oxygen atoms in total. The number of aromatic hydroxyl groups is 1. The van der Waals surface area contributed by atoms with Crippen molar-refractivity contribution in [3.05, 3.63) is 66.6 Å². The molecule has 114 valence electrons. The molecule has 2 aromatic rings. The van der Waals surface area contributed by atoms with Crippen LogP contribution in [0.1, 0.15) is 10.4 Å². The first-order valence-electron chi connectivity index (χ1n) is 6.12. The van der Waals surface area contributed by atoms with Crippen molar-refractivity contribution in [1.82, 2.24) is 10.3 Å². The Morgan fingerprint density at radius 2 is 1.64 bits per heavy atom. The highest BCUT2D eigenvalue weighted by Crippen LogP contribution is 2.14. The van der Waals surface area contributed by atoms with E-state index in [-0.39, 0.29) is 11.3 Å². The Morgan fingerprint density at radius 3 is 1.91 bits per heavy atom. The maximum Gasteiger partial charge on any atom is 0.339 e. The number of hydrogen-bond donors (Lipinski definition) is 4. The summed E-state index contributed by atoms with van der Waals surface area (Å²) in [7, 11) is 0. The molecule has 0 radical (unpaired) electrons. The van der Waals surface area contributed by atoms with Crippen molar-refractivity contribution in [3.63, 3.8) is 0 Å². The average molecular weight is 302 g/mol. The molecule has 4 N–H and O–H groups in total. The fourth-order valence-electron chi connectivity index (χ4n) is 1.27. The summed E-state index contributed by atoms with van der Waals surface area (Å²) in [6, 6.07) is 9.70. The van der Waals surface area contributed by atoms with Crippen LogP contribution in [0.4, 0.5) is 0 Å². The zero-order valence-corrected chi connectivity index (χ0v) is 11.4. The third-order valence-electron chi connectivity index (χ3n) is 2.30. The van der Waals surface area contributed by atoms with Gasteiger partial charge in [0.1, 0.15) is 11.3 Å². The van der Waals surface area contributed by atoms with E-state index in [0.29, 0.717) is 0 Å². The van der Waals surface area contributed by atoms with Crippen LogP contribution in [0.15, 0.2) is 61.1 Å². The van der Waals surface area contributed by atoms with E-state index in [2.05, 4.69) is 10.3 Å². The third-order valence-corrected chi connectivity index (χ3v) is 2.30. The summed E-state index contributed by atoms with van der Waals surface area (Å²) in [5.41, 5.74) is -0.0671. The quantitative estimate of drug-likeness (QED) is 0.592. The molecule has 0 fully saturated rings. The lowest BCUT2D eigenvalue weighted by molar-refractivity contribution is -0.133. The molecule has 0 bridgehead atoms. The van der Waals surface area contributed by atoms with Crippen LogP contribution in [0.25, 0.3) is 0 Å². The van der Waals surface area contributed by atoms with E-state index in [1.165, 1.54) is 24.4 Å². The molecule has 0 unspecified atom stereocenters. The van der Waals surface area contributed by atoms with Gasteiger partial charge in [-0.2, -0.15) is 0 Å². The summed E-state index contributed by atoms with van der Waals surface area (Å²) in [5.74, 6) is -2.33. The number of rotatable bonds is 1. The van der Waals surface area contributed by atoms with Crippen molar-refractivity contribution >= 4 is 17.7 Å². The Kier molecular flexibility index (Phi) is 6.64. The van der Waals surface area contributed by atoms with Gasteiger partial charge >= 0.3 is 5.97 Å². The number of aromatic carboxylic acids is 1. The molecule has 1 aliphatic rings. The summed E-state index contributed by atoms with van der Waals surface area (Å²) in [5, 5.41) is 19.5. The zero-order chi connectivity index (χ0) is 16.4. The van der Waals surface area contributed by atoms with E-state index in [9.17, 15) is 14.4 Å². The average Bonchev–Trinajstić information content (AvgIpc) is 3.16. The predicted molar refractivity (Wildman–Crippen MR) is 78.1 cm³/mol. The molecule has 0 saturated heterocycles. The Balaban J connectivity index is 0.000000175. The highest BCUT2D eigenvalue weighted by Gasteiger charge is 2.12. The minimum absolute atomic E-state index is 0.0671. The number of aromatic nitrogens is 1. The Hall–Kier alpha value is -3.35. The van der Waals surface area contributed by atoms with Gasteiger partial charge in [-0.15, -0.1) is 0 Å². The number of carbonyl (C=O) groups excluding carboxylic acids is 2. The highest BCUT2D eigenvalue weighted by atomic mass is 16.4. The maximum atomic E-state index is 10.3. The number of carbonyl (C=O) groups is 3. The summed E-state index contributed by atoms with van der Waals surface area (Å²) >= 11 is 0. The molecule has 0 atom stereocenters. The largest absolute Gasteiger partial charge is 0.507 e. The van der Waals surface area contributed by atoms with Gasteiger partial charge in [-0.1, -0.05) is 12.1 Å². The minimum atomic E-state index is -1.11. The van der Waals surface area contributed by atoms with Crippen LogP contribution in [0.3, 0.4) is 0 Å². The third kappa shape index (κ3) is 5.74. The summed E-state index contributed by atoms with van der Waals surface area (Å²) in [6.45, 7) is 0. The first-order valence-corrected chi connectivity index (χ1v) is 6.12. The number of carboxylic acid groups (broad SMARTS) is 1. The number of H-pyrrole nitrogens is 1. The maximum absolute atomic E-state index is 10.3. The van der Waals surface area contributed by atoms with Gasteiger partial charge in [0.05, 0.1) is 0 Å². The van der Waals surface area contributed by atoms with Gasteiger partial charge in [-0.05, 0) is 24.3 Å². The monoisotopic (exact) mass is 302 g/mol. The molecule has 2 heterocycles. The molecular weight excluding hydrogens is 288 g/mol. The Labute approximate surface area is 125 Å². The van der Waals surface area contributed by atoms with Gasteiger partial charge in [0.15, 0.2) is 0 Å². The summed E-state index contributed by atoms with van der Waals surface area (Å²) in [4.78, 5) is 33.2. The molecule has 1 aliphatic heterocycles. The van der Waals surface area contributed by atoms with Crippen molar-refractivity contribution in [2.45, 2.75) is 0 Å². The standard InChI is InChI=1S/C7H6O3.C4H3NO2.C4H5N/c8-6-4-2-1-3-5(6)7(9)10;6-3-1-2-5-4(3)7;1-2-4-5-3-1/h1-4,8H,(H,9,10);1-2H,(H,5,6,7);1-5H. The first-order chi connectivity index (χ1) is 10.5. The number of nitrogens with one attached hydrogen (secondary N) is 2. The summed E-state index contributed by atoms with van der Waals surface area (Å²) in [6.07, 6.45) is 6.27. The van der Waals surface area contributed by atoms with Crippen LogP contribution >= 0.6 is 0 Å². The molecule has 0 aliphatic carbocycles. The van der Waals surface area contributed by atoms with Gasteiger partial charge in [0.2, 0.25) is 5.78 Å². The molecule has 7 heteroatoms. The molecule has 0 spiro atoms. The number of aromatic amines is 1.